The maximum absolute atomic E-state index is 13.3. The van der Waals surface area contributed by atoms with Crippen LogP contribution in [-0.4, -0.2) is 23.0 Å². The first-order valence-corrected chi connectivity index (χ1v) is 12.9. The van der Waals surface area contributed by atoms with Gasteiger partial charge in [-0.25, -0.2) is 0 Å². The average Bonchev–Trinajstić information content (AvgIpc) is 2.95. The summed E-state index contributed by atoms with van der Waals surface area (Å²) in [5.41, 5.74) is 3.89. The van der Waals surface area contributed by atoms with Crippen molar-refractivity contribution in [3.05, 3.63) is 113 Å². The van der Waals surface area contributed by atoms with E-state index in [0.29, 0.717) is 17.0 Å². The highest BCUT2D eigenvalue weighted by Crippen LogP contribution is 2.32. The Labute approximate surface area is 218 Å². The van der Waals surface area contributed by atoms with Crippen LogP contribution in [0.1, 0.15) is 70.6 Å². The van der Waals surface area contributed by atoms with Crippen molar-refractivity contribution in [2.75, 3.05) is 0 Å². The van der Waals surface area contributed by atoms with Gasteiger partial charge < -0.3 is 10.4 Å². The fourth-order valence-electron chi connectivity index (χ4n) is 5.03. The number of hydrogen-bond donors (Lipinski definition) is 2. The standard InChI is InChI=1S/C32H32N2O3/c33-22-25-11-7-10-24(20-25)21-29(32(36)37)30(19-14-23-8-3-1-4-9-23)34-31(35)28-17-15-27(16-18-28)26-12-5-2-6-13-26/h1,3-4,7-11,14-20,26,29-30H,2,5-6,12-13,21H2,(H,34,35)(H,36,37)/b19-14+/t29-,30-/m1/s1. The van der Waals surface area contributed by atoms with Gasteiger partial charge in [-0.15, -0.1) is 0 Å². The third-order valence-electron chi connectivity index (χ3n) is 7.11. The lowest BCUT2D eigenvalue weighted by Crippen LogP contribution is -2.43. The minimum atomic E-state index is -1.02. The number of carbonyl (C=O) groups excluding carboxylic acids is 1. The van der Waals surface area contributed by atoms with Gasteiger partial charge in [0.1, 0.15) is 0 Å². The van der Waals surface area contributed by atoms with Crippen molar-refractivity contribution in [1.82, 2.24) is 5.32 Å². The van der Waals surface area contributed by atoms with Gasteiger partial charge in [-0.1, -0.05) is 86.0 Å². The molecule has 188 valence electrons. The molecule has 0 saturated heterocycles. The van der Waals surface area contributed by atoms with E-state index in [9.17, 15) is 20.0 Å². The number of rotatable bonds is 9. The lowest BCUT2D eigenvalue weighted by molar-refractivity contribution is -0.142. The Morgan fingerprint density at radius 3 is 2.38 bits per heavy atom. The first kappa shape index (κ1) is 25.9. The topological polar surface area (TPSA) is 90.2 Å². The average molecular weight is 493 g/mol. The highest BCUT2D eigenvalue weighted by molar-refractivity contribution is 5.95. The minimum absolute atomic E-state index is 0.176. The molecule has 5 heteroatoms. The summed E-state index contributed by atoms with van der Waals surface area (Å²) in [6.45, 7) is 0. The van der Waals surface area contributed by atoms with Gasteiger partial charge in [-0.05, 0) is 66.1 Å². The second kappa shape index (κ2) is 12.7. The van der Waals surface area contributed by atoms with Gasteiger partial charge in [-0.2, -0.15) is 5.26 Å². The van der Waals surface area contributed by atoms with Gasteiger partial charge >= 0.3 is 5.97 Å². The van der Waals surface area contributed by atoms with E-state index in [1.807, 2.05) is 60.7 Å². The van der Waals surface area contributed by atoms with Crippen LogP contribution in [0.25, 0.3) is 6.08 Å². The number of hydrogen-bond acceptors (Lipinski definition) is 3. The molecule has 0 spiro atoms. The van der Waals surface area contributed by atoms with Crippen LogP contribution < -0.4 is 5.32 Å². The Morgan fingerprint density at radius 1 is 0.973 bits per heavy atom. The fourth-order valence-corrected chi connectivity index (χ4v) is 5.03. The van der Waals surface area contributed by atoms with Crippen LogP contribution in [0.4, 0.5) is 0 Å². The number of carboxylic acid groups (broad SMARTS) is 1. The van der Waals surface area contributed by atoms with Crippen LogP contribution in [0, 0.1) is 17.2 Å². The Kier molecular flexibility index (Phi) is 8.89. The predicted molar refractivity (Wildman–Crippen MR) is 145 cm³/mol. The Bertz CT molecular complexity index is 1270. The number of nitrogens with one attached hydrogen (secondary N) is 1. The lowest BCUT2D eigenvalue weighted by atomic mass is 9.84. The molecule has 1 aliphatic rings. The summed E-state index contributed by atoms with van der Waals surface area (Å²) < 4.78 is 0. The first-order chi connectivity index (χ1) is 18.0. The molecule has 3 aromatic carbocycles. The van der Waals surface area contributed by atoms with Crippen molar-refractivity contribution < 1.29 is 14.7 Å². The predicted octanol–water partition coefficient (Wildman–Crippen LogP) is 6.36. The second-order valence-electron chi connectivity index (χ2n) is 9.69. The summed E-state index contributed by atoms with van der Waals surface area (Å²) in [5.74, 6) is -1.69. The van der Waals surface area contributed by atoms with E-state index in [2.05, 4.69) is 11.4 Å². The summed E-state index contributed by atoms with van der Waals surface area (Å²) in [6.07, 6.45) is 9.91. The molecule has 37 heavy (non-hydrogen) atoms. The van der Waals surface area contributed by atoms with E-state index in [1.54, 1.807) is 30.3 Å². The van der Waals surface area contributed by atoms with Crippen molar-refractivity contribution in [2.45, 2.75) is 50.5 Å². The van der Waals surface area contributed by atoms with Crippen LogP contribution in [-0.2, 0) is 11.2 Å². The molecule has 0 aliphatic heterocycles. The minimum Gasteiger partial charge on any atom is -0.481 e. The van der Waals surface area contributed by atoms with Gasteiger partial charge in [0.05, 0.1) is 23.6 Å². The molecular weight excluding hydrogens is 460 g/mol. The van der Waals surface area contributed by atoms with E-state index in [-0.39, 0.29) is 12.3 Å². The van der Waals surface area contributed by atoms with E-state index < -0.39 is 17.9 Å². The van der Waals surface area contributed by atoms with Crippen molar-refractivity contribution >= 4 is 18.0 Å². The molecule has 0 heterocycles. The van der Waals surface area contributed by atoms with Crippen molar-refractivity contribution in [3.8, 4) is 6.07 Å². The normalized spacial score (nSPS) is 15.5. The van der Waals surface area contributed by atoms with Crippen LogP contribution in [0.3, 0.4) is 0 Å². The van der Waals surface area contributed by atoms with Crippen molar-refractivity contribution in [3.63, 3.8) is 0 Å². The van der Waals surface area contributed by atoms with E-state index >= 15 is 0 Å². The maximum atomic E-state index is 13.3. The zero-order valence-electron chi connectivity index (χ0n) is 20.8. The van der Waals surface area contributed by atoms with Crippen LogP contribution >= 0.6 is 0 Å². The second-order valence-corrected chi connectivity index (χ2v) is 9.69. The maximum Gasteiger partial charge on any atom is 0.309 e. The molecular formula is C32H32N2O3. The zero-order chi connectivity index (χ0) is 26.0. The molecule has 0 unspecified atom stereocenters. The van der Waals surface area contributed by atoms with Crippen molar-refractivity contribution in [2.24, 2.45) is 5.92 Å². The number of carbonyl (C=O) groups is 2. The van der Waals surface area contributed by atoms with Crippen LogP contribution in [0.15, 0.2) is 84.9 Å². The lowest BCUT2D eigenvalue weighted by Gasteiger charge is -2.24. The van der Waals surface area contributed by atoms with Crippen LogP contribution in [0.2, 0.25) is 0 Å². The highest BCUT2D eigenvalue weighted by atomic mass is 16.4. The van der Waals surface area contributed by atoms with Gasteiger partial charge in [0.15, 0.2) is 0 Å². The molecule has 4 rings (SSSR count). The summed E-state index contributed by atoms with van der Waals surface area (Å²) in [7, 11) is 0. The summed E-state index contributed by atoms with van der Waals surface area (Å²) >= 11 is 0. The summed E-state index contributed by atoms with van der Waals surface area (Å²) in [4.78, 5) is 25.7. The molecule has 3 aromatic rings. The third-order valence-corrected chi connectivity index (χ3v) is 7.11. The molecule has 1 aliphatic carbocycles. The molecule has 1 amide bonds. The fraction of sp³-hybridized carbons (Fsp3) is 0.281. The monoisotopic (exact) mass is 492 g/mol. The van der Waals surface area contributed by atoms with E-state index in [4.69, 9.17) is 0 Å². The molecule has 5 nitrogen and oxygen atoms in total. The molecule has 2 N–H and O–H groups in total. The number of nitrogens with zero attached hydrogens (tertiary/aromatic N) is 1. The zero-order valence-corrected chi connectivity index (χ0v) is 20.8. The largest absolute Gasteiger partial charge is 0.481 e. The molecule has 2 atom stereocenters. The number of aliphatic carboxylic acids is 1. The number of amides is 1. The van der Waals surface area contributed by atoms with Gasteiger partial charge in [0, 0.05) is 5.56 Å². The van der Waals surface area contributed by atoms with Crippen LogP contribution in [0.5, 0.6) is 0 Å². The number of benzene rings is 3. The van der Waals surface area contributed by atoms with Crippen molar-refractivity contribution in [1.29, 1.82) is 5.26 Å². The first-order valence-electron chi connectivity index (χ1n) is 12.9. The molecule has 0 bridgehead atoms. The quantitative estimate of drug-likeness (QED) is 0.364. The summed E-state index contributed by atoms with van der Waals surface area (Å²) in [5, 5.41) is 22.3. The third kappa shape index (κ3) is 7.17. The molecule has 1 fully saturated rings. The number of carboxylic acids is 1. The SMILES string of the molecule is N#Cc1cccc(C[C@@H](C(=O)O)[C@@H](/C=C/c2ccccc2)NC(=O)c2ccc(C3CCCCC3)cc2)c1. The Morgan fingerprint density at radius 2 is 1.70 bits per heavy atom. The Balaban J connectivity index is 1.56. The van der Waals surface area contributed by atoms with Gasteiger partial charge in [0.2, 0.25) is 0 Å². The Hall–Kier alpha value is -4.17. The smallest absolute Gasteiger partial charge is 0.309 e. The molecule has 0 aromatic heterocycles. The molecule has 0 radical (unpaired) electrons. The van der Waals surface area contributed by atoms with Gasteiger partial charge in [0.25, 0.3) is 5.91 Å². The number of nitriles is 1. The summed E-state index contributed by atoms with van der Waals surface area (Å²) in [6, 6.07) is 25.6. The van der Waals surface area contributed by atoms with E-state index in [1.165, 1.54) is 37.7 Å². The highest BCUT2D eigenvalue weighted by Gasteiger charge is 2.28. The van der Waals surface area contributed by atoms with E-state index in [0.717, 1.165) is 11.1 Å². The molecule has 1 saturated carbocycles. The van der Waals surface area contributed by atoms with Gasteiger partial charge in [-0.3, -0.25) is 9.59 Å².